The first kappa shape index (κ1) is 16.8. The number of rotatable bonds is 5. The molecule has 1 N–H and O–H groups in total. The molecule has 2 aliphatic carbocycles. The second kappa shape index (κ2) is 7.13. The molecule has 0 aliphatic heterocycles. The van der Waals surface area contributed by atoms with Gasteiger partial charge in [0.2, 0.25) is 0 Å². The maximum absolute atomic E-state index is 11.4. The van der Waals surface area contributed by atoms with Gasteiger partial charge in [0.25, 0.3) is 0 Å². The molecule has 21 heavy (non-hydrogen) atoms. The van der Waals surface area contributed by atoms with E-state index in [1.807, 2.05) is 0 Å². The van der Waals surface area contributed by atoms with E-state index >= 15 is 0 Å². The Kier molecular flexibility index (Phi) is 5.70. The molecule has 2 rings (SSSR count). The Labute approximate surface area is 130 Å². The normalized spacial score (nSPS) is 29.8. The zero-order valence-corrected chi connectivity index (χ0v) is 14.1. The molecule has 2 fully saturated rings. The van der Waals surface area contributed by atoms with Crippen molar-refractivity contribution in [2.45, 2.75) is 89.6 Å². The van der Waals surface area contributed by atoms with Crippen LogP contribution in [0.5, 0.6) is 0 Å². The number of carboxylic acids is 1. The van der Waals surface area contributed by atoms with Crippen molar-refractivity contribution in [3.8, 4) is 0 Å². The minimum atomic E-state index is -0.625. The lowest BCUT2D eigenvalue weighted by Gasteiger charge is -2.50. The molecular weight excluding hydrogens is 262 g/mol. The minimum absolute atomic E-state index is 0.0758. The van der Waals surface area contributed by atoms with E-state index in [9.17, 15) is 9.90 Å². The minimum Gasteiger partial charge on any atom is -0.481 e. The Morgan fingerprint density at radius 1 is 1.19 bits per heavy atom. The molecule has 0 amide bonds. The van der Waals surface area contributed by atoms with Crippen molar-refractivity contribution in [2.75, 3.05) is 7.05 Å². The lowest BCUT2D eigenvalue weighted by Crippen LogP contribution is -2.54. The summed E-state index contributed by atoms with van der Waals surface area (Å²) in [6.07, 6.45) is 11.3. The lowest BCUT2D eigenvalue weighted by molar-refractivity contribution is -0.142. The summed E-state index contributed by atoms with van der Waals surface area (Å²) in [6.45, 7) is 4.67. The average Bonchev–Trinajstić information content (AvgIpc) is 2.47. The van der Waals surface area contributed by atoms with Crippen LogP contribution in [0.4, 0.5) is 0 Å². The number of hydrogen-bond acceptors (Lipinski definition) is 2. The van der Waals surface area contributed by atoms with Crippen LogP contribution in [0.25, 0.3) is 0 Å². The van der Waals surface area contributed by atoms with Crippen LogP contribution in [0, 0.1) is 11.8 Å². The van der Waals surface area contributed by atoms with Gasteiger partial charge < -0.3 is 5.11 Å². The van der Waals surface area contributed by atoms with Gasteiger partial charge in [-0.15, -0.1) is 0 Å². The standard InChI is InChI=1S/C18H33NO2/c1-14(2)15-8-7-9-16(12-15)19(3)18(13-17(20)21)10-5-4-6-11-18/h14-16H,4-13H2,1-3H3,(H,20,21). The lowest BCUT2D eigenvalue weighted by atomic mass is 9.74. The van der Waals surface area contributed by atoms with Gasteiger partial charge in [-0.2, -0.15) is 0 Å². The van der Waals surface area contributed by atoms with Crippen molar-refractivity contribution >= 4 is 5.97 Å². The van der Waals surface area contributed by atoms with E-state index in [0.29, 0.717) is 12.5 Å². The number of carbonyl (C=O) groups is 1. The maximum Gasteiger partial charge on any atom is 0.305 e. The number of aliphatic carboxylic acids is 1. The van der Waals surface area contributed by atoms with Crippen molar-refractivity contribution in [1.82, 2.24) is 4.90 Å². The SMILES string of the molecule is CC(C)C1CCCC(N(C)C2(CC(=O)O)CCCCC2)C1. The smallest absolute Gasteiger partial charge is 0.305 e. The number of hydrogen-bond donors (Lipinski definition) is 1. The molecule has 2 aliphatic rings. The van der Waals surface area contributed by atoms with Crippen LogP contribution in [0.1, 0.15) is 78.1 Å². The molecule has 0 aromatic rings. The highest BCUT2D eigenvalue weighted by atomic mass is 16.4. The molecule has 2 atom stereocenters. The van der Waals surface area contributed by atoms with Crippen molar-refractivity contribution < 1.29 is 9.90 Å². The van der Waals surface area contributed by atoms with E-state index in [-0.39, 0.29) is 5.54 Å². The van der Waals surface area contributed by atoms with Crippen molar-refractivity contribution in [2.24, 2.45) is 11.8 Å². The van der Waals surface area contributed by atoms with Gasteiger partial charge in [0.15, 0.2) is 0 Å². The highest BCUT2D eigenvalue weighted by Crippen LogP contribution is 2.41. The van der Waals surface area contributed by atoms with E-state index in [0.717, 1.165) is 24.7 Å². The third-order valence-electron chi connectivity index (χ3n) is 6.19. The fourth-order valence-electron chi connectivity index (χ4n) is 4.69. The number of nitrogens with zero attached hydrogens (tertiary/aromatic N) is 1. The van der Waals surface area contributed by atoms with E-state index in [1.54, 1.807) is 0 Å². The summed E-state index contributed by atoms with van der Waals surface area (Å²) in [5.41, 5.74) is -0.0758. The summed E-state index contributed by atoms with van der Waals surface area (Å²) >= 11 is 0. The molecule has 0 aromatic carbocycles. The third kappa shape index (κ3) is 4.00. The van der Waals surface area contributed by atoms with Crippen LogP contribution in [0.3, 0.4) is 0 Å². The Hall–Kier alpha value is -0.570. The van der Waals surface area contributed by atoms with Gasteiger partial charge in [-0.25, -0.2) is 0 Å². The Morgan fingerprint density at radius 2 is 1.86 bits per heavy atom. The molecule has 2 unspecified atom stereocenters. The third-order valence-corrected chi connectivity index (χ3v) is 6.19. The van der Waals surface area contributed by atoms with Gasteiger partial charge in [-0.3, -0.25) is 9.69 Å². The van der Waals surface area contributed by atoms with Gasteiger partial charge >= 0.3 is 5.97 Å². The van der Waals surface area contributed by atoms with E-state index in [1.165, 1.54) is 44.9 Å². The van der Waals surface area contributed by atoms with E-state index < -0.39 is 5.97 Å². The highest BCUT2D eigenvalue weighted by Gasteiger charge is 2.42. The molecule has 2 saturated carbocycles. The maximum atomic E-state index is 11.4. The molecule has 0 radical (unpaired) electrons. The predicted octanol–water partition coefficient (Wildman–Crippen LogP) is 4.31. The quantitative estimate of drug-likeness (QED) is 0.821. The van der Waals surface area contributed by atoms with Gasteiger partial charge in [0.05, 0.1) is 6.42 Å². The van der Waals surface area contributed by atoms with Crippen LogP contribution in [-0.4, -0.2) is 34.6 Å². The second-order valence-electron chi connectivity index (χ2n) is 7.79. The van der Waals surface area contributed by atoms with E-state index in [4.69, 9.17) is 0 Å². The molecule has 0 heterocycles. The molecule has 0 aromatic heterocycles. The summed E-state index contributed by atoms with van der Waals surface area (Å²) in [5, 5.41) is 9.39. The summed E-state index contributed by atoms with van der Waals surface area (Å²) in [6, 6.07) is 0.587. The Balaban J connectivity index is 2.09. The van der Waals surface area contributed by atoms with Crippen LogP contribution in [0.2, 0.25) is 0 Å². The summed E-state index contributed by atoms with van der Waals surface area (Å²) < 4.78 is 0. The van der Waals surface area contributed by atoms with Gasteiger partial charge in [-0.05, 0) is 44.6 Å². The van der Waals surface area contributed by atoms with Crippen LogP contribution < -0.4 is 0 Å². The predicted molar refractivity (Wildman–Crippen MR) is 86.4 cm³/mol. The first-order chi connectivity index (χ1) is 9.94. The van der Waals surface area contributed by atoms with Crippen molar-refractivity contribution in [3.05, 3.63) is 0 Å². The molecule has 122 valence electrons. The fraction of sp³-hybridized carbons (Fsp3) is 0.944. The Morgan fingerprint density at radius 3 is 2.43 bits per heavy atom. The monoisotopic (exact) mass is 295 g/mol. The van der Waals surface area contributed by atoms with Gasteiger partial charge in [0.1, 0.15) is 0 Å². The highest BCUT2D eigenvalue weighted by molar-refractivity contribution is 5.68. The molecule has 3 nitrogen and oxygen atoms in total. The topological polar surface area (TPSA) is 40.5 Å². The first-order valence-electron chi connectivity index (χ1n) is 8.89. The molecule has 0 spiro atoms. The zero-order valence-electron chi connectivity index (χ0n) is 14.1. The molecule has 0 saturated heterocycles. The summed E-state index contributed by atoms with van der Waals surface area (Å²) in [5.74, 6) is 0.944. The van der Waals surface area contributed by atoms with Crippen LogP contribution in [-0.2, 0) is 4.79 Å². The number of carboxylic acid groups (broad SMARTS) is 1. The second-order valence-corrected chi connectivity index (χ2v) is 7.79. The summed E-state index contributed by atoms with van der Waals surface area (Å²) in [4.78, 5) is 13.9. The fourth-order valence-corrected chi connectivity index (χ4v) is 4.69. The van der Waals surface area contributed by atoms with Crippen LogP contribution in [0.15, 0.2) is 0 Å². The van der Waals surface area contributed by atoms with Crippen molar-refractivity contribution in [3.63, 3.8) is 0 Å². The van der Waals surface area contributed by atoms with E-state index in [2.05, 4.69) is 25.8 Å². The molecule has 0 bridgehead atoms. The molecule has 3 heteroatoms. The van der Waals surface area contributed by atoms with Crippen molar-refractivity contribution in [1.29, 1.82) is 0 Å². The largest absolute Gasteiger partial charge is 0.481 e. The zero-order chi connectivity index (χ0) is 15.5. The first-order valence-corrected chi connectivity index (χ1v) is 8.89. The summed E-state index contributed by atoms with van der Waals surface area (Å²) in [7, 11) is 2.21. The molecular formula is C18H33NO2. The average molecular weight is 295 g/mol. The van der Waals surface area contributed by atoms with Gasteiger partial charge in [0, 0.05) is 11.6 Å². The van der Waals surface area contributed by atoms with Crippen LogP contribution >= 0.6 is 0 Å². The Bertz CT molecular complexity index is 347. The van der Waals surface area contributed by atoms with Gasteiger partial charge in [-0.1, -0.05) is 46.0 Å².